The monoisotopic (exact) mass is 274 g/mol. The van der Waals surface area contributed by atoms with Crippen LogP contribution in [0.2, 0.25) is 0 Å². The molecule has 0 saturated heterocycles. The van der Waals surface area contributed by atoms with Gasteiger partial charge < -0.3 is 4.98 Å². The molecule has 3 aromatic rings. The van der Waals surface area contributed by atoms with E-state index < -0.39 is 0 Å². The second-order valence-corrected chi connectivity index (χ2v) is 5.06. The molecular formula is C14H11FN2OS. The van der Waals surface area contributed by atoms with Gasteiger partial charge in [-0.25, -0.2) is 9.37 Å². The van der Waals surface area contributed by atoms with E-state index >= 15 is 0 Å². The van der Waals surface area contributed by atoms with Crippen LogP contribution in [0.1, 0.15) is 12.7 Å². The van der Waals surface area contributed by atoms with Gasteiger partial charge in [0.25, 0.3) is 5.56 Å². The molecule has 0 atom stereocenters. The average Bonchev–Trinajstić information content (AvgIpc) is 2.84. The molecule has 96 valence electrons. The van der Waals surface area contributed by atoms with Crippen molar-refractivity contribution >= 4 is 21.6 Å². The average molecular weight is 274 g/mol. The predicted molar refractivity (Wildman–Crippen MR) is 75.0 cm³/mol. The van der Waals surface area contributed by atoms with Crippen molar-refractivity contribution in [1.82, 2.24) is 9.97 Å². The van der Waals surface area contributed by atoms with Gasteiger partial charge in [0.05, 0.1) is 5.39 Å². The van der Waals surface area contributed by atoms with E-state index in [1.165, 1.54) is 23.5 Å². The molecule has 2 heterocycles. The van der Waals surface area contributed by atoms with Crippen molar-refractivity contribution < 1.29 is 4.39 Å². The number of hydrogen-bond donors (Lipinski definition) is 1. The zero-order chi connectivity index (χ0) is 13.4. The summed E-state index contributed by atoms with van der Waals surface area (Å²) < 4.78 is 12.9. The smallest absolute Gasteiger partial charge is 0.260 e. The number of aromatic nitrogens is 2. The Morgan fingerprint density at radius 2 is 2.05 bits per heavy atom. The van der Waals surface area contributed by atoms with E-state index in [9.17, 15) is 9.18 Å². The Labute approximate surface area is 112 Å². The largest absolute Gasteiger partial charge is 0.310 e. The molecule has 1 aromatic carbocycles. The van der Waals surface area contributed by atoms with Crippen molar-refractivity contribution in [1.29, 1.82) is 0 Å². The maximum absolute atomic E-state index is 12.9. The molecule has 1 N–H and O–H groups in total. The van der Waals surface area contributed by atoms with E-state index in [4.69, 9.17) is 0 Å². The highest BCUT2D eigenvalue weighted by Crippen LogP contribution is 2.30. The molecule has 0 amide bonds. The zero-order valence-corrected chi connectivity index (χ0v) is 11.1. The highest BCUT2D eigenvalue weighted by molar-refractivity contribution is 7.17. The maximum atomic E-state index is 12.9. The standard InChI is InChI=1S/C14H11FN2OS/c1-2-11-16-13(18)12-10(7-19-14(12)17-11)8-3-5-9(15)6-4-8/h3-7H,2H2,1H3,(H,16,17,18). The molecule has 0 aliphatic carbocycles. The minimum absolute atomic E-state index is 0.137. The Kier molecular flexibility index (Phi) is 2.91. The van der Waals surface area contributed by atoms with Crippen LogP contribution in [-0.4, -0.2) is 9.97 Å². The molecule has 0 aliphatic rings. The number of aryl methyl sites for hydroxylation is 1. The summed E-state index contributed by atoms with van der Waals surface area (Å²) in [6, 6.07) is 6.12. The highest BCUT2D eigenvalue weighted by Gasteiger charge is 2.12. The van der Waals surface area contributed by atoms with Crippen LogP contribution in [0.4, 0.5) is 4.39 Å². The number of nitrogens with zero attached hydrogens (tertiary/aromatic N) is 1. The fraction of sp³-hybridized carbons (Fsp3) is 0.143. The summed E-state index contributed by atoms with van der Waals surface area (Å²) in [5, 5.41) is 2.47. The number of nitrogens with one attached hydrogen (secondary N) is 1. The Hall–Kier alpha value is -2.01. The van der Waals surface area contributed by atoms with E-state index in [0.29, 0.717) is 17.6 Å². The molecule has 0 spiro atoms. The van der Waals surface area contributed by atoms with Crippen molar-refractivity contribution in [3.8, 4) is 11.1 Å². The van der Waals surface area contributed by atoms with E-state index in [1.54, 1.807) is 12.1 Å². The number of benzene rings is 1. The molecule has 0 radical (unpaired) electrons. The van der Waals surface area contributed by atoms with Crippen molar-refractivity contribution in [3.63, 3.8) is 0 Å². The van der Waals surface area contributed by atoms with Gasteiger partial charge in [-0.05, 0) is 17.7 Å². The molecular weight excluding hydrogens is 263 g/mol. The van der Waals surface area contributed by atoms with Gasteiger partial charge in [0.15, 0.2) is 0 Å². The van der Waals surface area contributed by atoms with Crippen LogP contribution in [0, 0.1) is 5.82 Å². The zero-order valence-electron chi connectivity index (χ0n) is 10.2. The third-order valence-electron chi connectivity index (χ3n) is 2.98. The van der Waals surface area contributed by atoms with Gasteiger partial charge in [-0.2, -0.15) is 0 Å². The number of fused-ring (bicyclic) bond motifs is 1. The first-order chi connectivity index (χ1) is 9.19. The number of thiophene rings is 1. The lowest BCUT2D eigenvalue weighted by Gasteiger charge is -2.00. The van der Waals surface area contributed by atoms with E-state index in [1.807, 2.05) is 12.3 Å². The van der Waals surface area contributed by atoms with Crippen LogP contribution >= 0.6 is 11.3 Å². The summed E-state index contributed by atoms with van der Waals surface area (Å²) in [6.07, 6.45) is 0.689. The van der Waals surface area contributed by atoms with E-state index in [0.717, 1.165) is 16.0 Å². The van der Waals surface area contributed by atoms with Gasteiger partial charge in [-0.15, -0.1) is 11.3 Å². The molecule has 0 aliphatic heterocycles. The van der Waals surface area contributed by atoms with Gasteiger partial charge in [0.2, 0.25) is 0 Å². The van der Waals surface area contributed by atoms with Gasteiger partial charge in [0.1, 0.15) is 16.5 Å². The minimum Gasteiger partial charge on any atom is -0.310 e. The molecule has 3 rings (SSSR count). The first-order valence-corrected chi connectivity index (χ1v) is 6.83. The number of halogens is 1. The third kappa shape index (κ3) is 2.06. The second kappa shape index (κ2) is 4.59. The van der Waals surface area contributed by atoms with Crippen LogP contribution in [-0.2, 0) is 6.42 Å². The lowest BCUT2D eigenvalue weighted by atomic mass is 10.1. The summed E-state index contributed by atoms with van der Waals surface area (Å²) in [7, 11) is 0. The quantitative estimate of drug-likeness (QED) is 0.779. The topological polar surface area (TPSA) is 45.8 Å². The molecule has 0 unspecified atom stereocenters. The normalized spacial score (nSPS) is 11.1. The summed E-state index contributed by atoms with van der Waals surface area (Å²) in [4.78, 5) is 20.0. The SMILES string of the molecule is CCc1nc2scc(-c3ccc(F)cc3)c2c(=O)[nH]1. The van der Waals surface area contributed by atoms with Crippen molar-refractivity contribution in [2.24, 2.45) is 0 Å². The van der Waals surface area contributed by atoms with E-state index in [2.05, 4.69) is 9.97 Å². The van der Waals surface area contributed by atoms with Crippen molar-refractivity contribution in [2.45, 2.75) is 13.3 Å². The Morgan fingerprint density at radius 3 is 2.74 bits per heavy atom. The summed E-state index contributed by atoms with van der Waals surface area (Å²) in [5.74, 6) is 0.397. The van der Waals surface area contributed by atoms with Crippen molar-refractivity contribution in [2.75, 3.05) is 0 Å². The molecule has 3 nitrogen and oxygen atoms in total. The van der Waals surface area contributed by atoms with Crippen molar-refractivity contribution in [3.05, 3.63) is 51.6 Å². The third-order valence-corrected chi connectivity index (χ3v) is 3.86. The molecule has 2 aromatic heterocycles. The van der Waals surface area contributed by atoms with Crippen LogP contribution in [0.25, 0.3) is 21.3 Å². The summed E-state index contributed by atoms with van der Waals surface area (Å²) in [5.41, 5.74) is 1.49. The predicted octanol–water partition coefficient (Wildman–Crippen LogP) is 3.35. The molecule has 19 heavy (non-hydrogen) atoms. The lowest BCUT2D eigenvalue weighted by molar-refractivity contribution is 0.628. The first kappa shape index (κ1) is 12.0. The molecule has 5 heteroatoms. The van der Waals surface area contributed by atoms with Crippen LogP contribution in [0.15, 0.2) is 34.4 Å². The maximum Gasteiger partial charge on any atom is 0.260 e. The minimum atomic E-state index is -0.288. The highest BCUT2D eigenvalue weighted by atomic mass is 32.1. The van der Waals surface area contributed by atoms with Gasteiger partial charge in [0, 0.05) is 17.4 Å². The van der Waals surface area contributed by atoms with Crippen LogP contribution < -0.4 is 5.56 Å². The van der Waals surface area contributed by atoms with Gasteiger partial charge in [-0.1, -0.05) is 19.1 Å². The summed E-state index contributed by atoms with van der Waals surface area (Å²) in [6.45, 7) is 1.94. The van der Waals surface area contributed by atoms with E-state index in [-0.39, 0.29) is 11.4 Å². The second-order valence-electron chi connectivity index (χ2n) is 4.20. The fourth-order valence-electron chi connectivity index (χ4n) is 2.00. The summed E-state index contributed by atoms with van der Waals surface area (Å²) >= 11 is 1.43. The van der Waals surface area contributed by atoms with Crippen LogP contribution in [0.5, 0.6) is 0 Å². The molecule has 0 saturated carbocycles. The molecule has 0 bridgehead atoms. The molecule has 0 fully saturated rings. The Morgan fingerprint density at radius 1 is 1.32 bits per heavy atom. The number of rotatable bonds is 2. The Balaban J connectivity index is 2.26. The number of aromatic amines is 1. The fourth-order valence-corrected chi connectivity index (χ4v) is 2.97. The number of hydrogen-bond acceptors (Lipinski definition) is 3. The number of H-pyrrole nitrogens is 1. The van der Waals surface area contributed by atoms with Gasteiger partial charge >= 0.3 is 0 Å². The van der Waals surface area contributed by atoms with Crippen LogP contribution in [0.3, 0.4) is 0 Å². The first-order valence-electron chi connectivity index (χ1n) is 5.95. The Bertz CT molecular complexity index is 789. The van der Waals surface area contributed by atoms with Gasteiger partial charge in [-0.3, -0.25) is 4.79 Å². The lowest BCUT2D eigenvalue weighted by Crippen LogP contribution is -2.10.